The second-order valence-corrected chi connectivity index (χ2v) is 6.27. The van der Waals surface area contributed by atoms with E-state index >= 15 is 0 Å². The van der Waals surface area contributed by atoms with Crippen molar-refractivity contribution in [2.75, 3.05) is 31.1 Å². The van der Waals surface area contributed by atoms with Crippen LogP contribution < -0.4 is 16.0 Å². The Balaban J connectivity index is 1.55. The molecule has 1 aliphatic rings. The van der Waals surface area contributed by atoms with Gasteiger partial charge in [0.2, 0.25) is 0 Å². The van der Waals surface area contributed by atoms with Gasteiger partial charge in [-0.1, -0.05) is 42.5 Å². The van der Waals surface area contributed by atoms with Crippen molar-refractivity contribution in [1.82, 2.24) is 5.32 Å². The maximum atomic E-state index is 5.55. The van der Waals surface area contributed by atoms with E-state index in [-0.39, 0.29) is 0 Å². The van der Waals surface area contributed by atoms with Gasteiger partial charge in [-0.15, -0.1) is 0 Å². The van der Waals surface area contributed by atoms with Crippen molar-refractivity contribution in [3.8, 4) is 11.1 Å². The molecule has 0 amide bonds. The second kappa shape index (κ2) is 8.14. The molecule has 0 atom stereocenters. The summed E-state index contributed by atoms with van der Waals surface area (Å²) in [5, 5.41) is 3.62. The molecular weight excluding hydrogens is 282 g/mol. The Morgan fingerprint density at radius 3 is 2.22 bits per heavy atom. The van der Waals surface area contributed by atoms with E-state index in [1.165, 1.54) is 29.7 Å². The van der Waals surface area contributed by atoms with E-state index in [9.17, 15) is 0 Å². The van der Waals surface area contributed by atoms with Crippen LogP contribution in [0.25, 0.3) is 11.1 Å². The van der Waals surface area contributed by atoms with Gasteiger partial charge in [0.25, 0.3) is 0 Å². The number of nitrogens with two attached hydrogens (primary N) is 1. The molecule has 2 aromatic rings. The highest BCUT2D eigenvalue weighted by atomic mass is 15.1. The summed E-state index contributed by atoms with van der Waals surface area (Å²) in [5.41, 5.74) is 9.45. The van der Waals surface area contributed by atoms with Gasteiger partial charge in [-0.2, -0.15) is 0 Å². The normalized spacial score (nSPS) is 15.8. The van der Waals surface area contributed by atoms with Crippen LogP contribution in [0.4, 0.5) is 5.69 Å². The molecule has 122 valence electrons. The first kappa shape index (κ1) is 16.0. The van der Waals surface area contributed by atoms with Gasteiger partial charge in [0.15, 0.2) is 0 Å². The van der Waals surface area contributed by atoms with Crippen molar-refractivity contribution in [3.05, 3.63) is 54.6 Å². The monoisotopic (exact) mass is 309 g/mol. The van der Waals surface area contributed by atoms with Crippen molar-refractivity contribution in [1.29, 1.82) is 0 Å². The van der Waals surface area contributed by atoms with E-state index in [0.29, 0.717) is 6.04 Å². The van der Waals surface area contributed by atoms with Gasteiger partial charge in [-0.3, -0.25) is 0 Å². The molecule has 3 heteroatoms. The van der Waals surface area contributed by atoms with E-state index in [4.69, 9.17) is 5.73 Å². The maximum absolute atomic E-state index is 5.55. The molecule has 3 rings (SSSR count). The Kier molecular flexibility index (Phi) is 5.67. The number of nitrogens with one attached hydrogen (secondary N) is 1. The molecule has 0 unspecified atom stereocenters. The minimum absolute atomic E-state index is 0.654. The van der Waals surface area contributed by atoms with Crippen LogP contribution in [0.2, 0.25) is 0 Å². The zero-order chi connectivity index (χ0) is 15.9. The molecule has 0 aromatic heterocycles. The number of hydrogen-bond acceptors (Lipinski definition) is 3. The SMILES string of the molecule is NCCCNC1CCN(c2ccc(-c3ccccc3)cc2)CC1. The summed E-state index contributed by atoms with van der Waals surface area (Å²) >= 11 is 0. The molecule has 1 saturated heterocycles. The van der Waals surface area contributed by atoms with Crippen molar-refractivity contribution in [3.63, 3.8) is 0 Å². The van der Waals surface area contributed by atoms with Crippen LogP contribution in [-0.2, 0) is 0 Å². The Morgan fingerprint density at radius 1 is 0.913 bits per heavy atom. The van der Waals surface area contributed by atoms with E-state index < -0.39 is 0 Å². The van der Waals surface area contributed by atoms with E-state index in [1.807, 2.05) is 0 Å². The molecule has 1 aliphatic heterocycles. The predicted molar refractivity (Wildman–Crippen MR) is 98.8 cm³/mol. The van der Waals surface area contributed by atoms with Crippen LogP contribution in [0.1, 0.15) is 19.3 Å². The van der Waals surface area contributed by atoms with Crippen LogP contribution in [-0.4, -0.2) is 32.2 Å². The first-order valence-electron chi connectivity index (χ1n) is 8.71. The molecule has 1 heterocycles. The number of piperidine rings is 1. The van der Waals surface area contributed by atoms with Crippen LogP contribution in [0.5, 0.6) is 0 Å². The lowest BCUT2D eigenvalue weighted by Gasteiger charge is -2.34. The lowest BCUT2D eigenvalue weighted by molar-refractivity contribution is 0.414. The van der Waals surface area contributed by atoms with Gasteiger partial charge in [-0.05, 0) is 55.6 Å². The smallest absolute Gasteiger partial charge is 0.0366 e. The number of nitrogens with zero attached hydrogens (tertiary/aromatic N) is 1. The van der Waals surface area contributed by atoms with Crippen molar-refractivity contribution in [2.24, 2.45) is 5.73 Å². The molecule has 1 fully saturated rings. The predicted octanol–water partition coefficient (Wildman–Crippen LogP) is 3.26. The van der Waals surface area contributed by atoms with Crippen molar-refractivity contribution < 1.29 is 0 Å². The molecule has 0 spiro atoms. The Hall–Kier alpha value is -1.84. The zero-order valence-electron chi connectivity index (χ0n) is 13.7. The largest absolute Gasteiger partial charge is 0.371 e. The lowest BCUT2D eigenvalue weighted by atomic mass is 10.0. The Labute approximate surface area is 139 Å². The fourth-order valence-electron chi connectivity index (χ4n) is 3.25. The van der Waals surface area contributed by atoms with Gasteiger partial charge >= 0.3 is 0 Å². The second-order valence-electron chi connectivity index (χ2n) is 6.27. The minimum atomic E-state index is 0.654. The molecule has 0 saturated carbocycles. The van der Waals surface area contributed by atoms with Gasteiger partial charge in [0, 0.05) is 24.8 Å². The molecule has 2 aromatic carbocycles. The molecular formula is C20H27N3. The number of hydrogen-bond donors (Lipinski definition) is 2. The van der Waals surface area contributed by atoms with Gasteiger partial charge in [-0.25, -0.2) is 0 Å². The molecule has 3 nitrogen and oxygen atoms in total. The summed E-state index contributed by atoms with van der Waals surface area (Å²) in [6.45, 7) is 4.09. The highest BCUT2D eigenvalue weighted by Gasteiger charge is 2.18. The van der Waals surface area contributed by atoms with Gasteiger partial charge < -0.3 is 16.0 Å². The first-order valence-corrected chi connectivity index (χ1v) is 8.71. The summed E-state index contributed by atoms with van der Waals surface area (Å²) in [7, 11) is 0. The zero-order valence-corrected chi connectivity index (χ0v) is 13.7. The number of benzene rings is 2. The third-order valence-corrected chi connectivity index (χ3v) is 4.65. The fourth-order valence-corrected chi connectivity index (χ4v) is 3.25. The summed E-state index contributed by atoms with van der Waals surface area (Å²) in [4.78, 5) is 2.50. The van der Waals surface area contributed by atoms with Crippen LogP contribution in [0.3, 0.4) is 0 Å². The first-order chi connectivity index (χ1) is 11.4. The summed E-state index contributed by atoms with van der Waals surface area (Å²) in [6, 6.07) is 20.2. The quantitative estimate of drug-likeness (QED) is 0.805. The molecule has 3 N–H and O–H groups in total. The van der Waals surface area contributed by atoms with Crippen molar-refractivity contribution >= 4 is 5.69 Å². The van der Waals surface area contributed by atoms with E-state index in [1.54, 1.807) is 0 Å². The summed E-state index contributed by atoms with van der Waals surface area (Å²) in [5.74, 6) is 0. The average Bonchev–Trinajstić information content (AvgIpc) is 2.63. The molecule has 23 heavy (non-hydrogen) atoms. The average molecular weight is 309 g/mol. The maximum Gasteiger partial charge on any atom is 0.0366 e. The fraction of sp³-hybridized carbons (Fsp3) is 0.400. The third kappa shape index (κ3) is 4.34. The molecule has 0 radical (unpaired) electrons. The Bertz CT molecular complexity index is 572. The Morgan fingerprint density at radius 2 is 1.57 bits per heavy atom. The van der Waals surface area contributed by atoms with Crippen LogP contribution >= 0.6 is 0 Å². The van der Waals surface area contributed by atoms with Crippen molar-refractivity contribution in [2.45, 2.75) is 25.3 Å². The highest BCUT2D eigenvalue weighted by molar-refractivity contribution is 5.66. The standard InChI is InChI=1S/C20H27N3/c21-13-4-14-22-19-11-15-23(16-12-19)20-9-7-18(8-10-20)17-5-2-1-3-6-17/h1-3,5-10,19,22H,4,11-16,21H2. The van der Waals surface area contributed by atoms with Crippen LogP contribution in [0, 0.1) is 0 Å². The minimum Gasteiger partial charge on any atom is -0.371 e. The van der Waals surface area contributed by atoms with E-state index in [0.717, 1.165) is 32.6 Å². The number of rotatable bonds is 6. The van der Waals surface area contributed by atoms with Gasteiger partial charge in [0.05, 0.1) is 0 Å². The van der Waals surface area contributed by atoms with E-state index in [2.05, 4.69) is 64.8 Å². The molecule has 0 aliphatic carbocycles. The van der Waals surface area contributed by atoms with Gasteiger partial charge in [0.1, 0.15) is 0 Å². The lowest BCUT2D eigenvalue weighted by Crippen LogP contribution is -2.43. The number of anilines is 1. The molecule has 0 bridgehead atoms. The topological polar surface area (TPSA) is 41.3 Å². The van der Waals surface area contributed by atoms with Crippen LogP contribution in [0.15, 0.2) is 54.6 Å². The summed E-state index contributed by atoms with van der Waals surface area (Å²) in [6.07, 6.45) is 3.50. The summed E-state index contributed by atoms with van der Waals surface area (Å²) < 4.78 is 0. The highest BCUT2D eigenvalue weighted by Crippen LogP contribution is 2.25. The third-order valence-electron chi connectivity index (χ3n) is 4.65.